The van der Waals surface area contributed by atoms with Crippen LogP contribution in [0.2, 0.25) is 0 Å². The number of benzene rings is 1. The number of nitrogens with two attached hydrogens (primary N) is 1. The Labute approximate surface area is 111 Å². The van der Waals surface area contributed by atoms with E-state index in [2.05, 4.69) is 15.2 Å². The Morgan fingerprint density at radius 2 is 2.00 bits per heavy atom. The summed E-state index contributed by atoms with van der Waals surface area (Å²) < 4.78 is 32.9. The second kappa shape index (κ2) is 4.41. The van der Waals surface area contributed by atoms with Crippen molar-refractivity contribution in [3.05, 3.63) is 36.2 Å². The van der Waals surface area contributed by atoms with Crippen molar-refractivity contribution >= 4 is 5.69 Å². The molecule has 0 aliphatic rings. The second-order valence-corrected chi connectivity index (χ2v) is 4.18. The molecule has 6 nitrogen and oxygen atoms in total. The summed E-state index contributed by atoms with van der Waals surface area (Å²) in [6, 6.07) is 1.80. The molecule has 0 saturated carbocycles. The molecular formula is C12H9F2N5O. The van der Waals surface area contributed by atoms with Crippen LogP contribution < -0.4 is 5.73 Å². The topological polar surface area (TPSA) is 82.8 Å². The van der Waals surface area contributed by atoms with Gasteiger partial charge in [-0.15, -0.1) is 0 Å². The smallest absolute Gasteiger partial charge is 0.260 e. The van der Waals surface area contributed by atoms with Crippen molar-refractivity contribution < 1.29 is 13.3 Å². The highest BCUT2D eigenvalue weighted by molar-refractivity contribution is 5.71. The fraction of sp³-hybridized carbons (Fsp3) is 0.0833. The van der Waals surface area contributed by atoms with Crippen molar-refractivity contribution in [2.75, 3.05) is 5.73 Å². The molecule has 0 unspecified atom stereocenters. The lowest BCUT2D eigenvalue weighted by Gasteiger charge is -2.01. The Balaban J connectivity index is 2.04. The Kier molecular flexibility index (Phi) is 2.70. The lowest BCUT2D eigenvalue weighted by Crippen LogP contribution is -1.94. The first-order valence-electron chi connectivity index (χ1n) is 5.62. The van der Waals surface area contributed by atoms with E-state index >= 15 is 0 Å². The van der Waals surface area contributed by atoms with Crippen molar-refractivity contribution in [1.29, 1.82) is 0 Å². The summed E-state index contributed by atoms with van der Waals surface area (Å²) >= 11 is 0. The zero-order valence-corrected chi connectivity index (χ0v) is 10.3. The zero-order valence-electron chi connectivity index (χ0n) is 10.3. The van der Waals surface area contributed by atoms with E-state index in [-0.39, 0.29) is 23.0 Å². The van der Waals surface area contributed by atoms with E-state index in [0.717, 1.165) is 12.1 Å². The molecule has 0 bridgehead atoms. The average molecular weight is 277 g/mol. The maximum Gasteiger partial charge on any atom is 0.260 e. The van der Waals surface area contributed by atoms with Gasteiger partial charge in [0.15, 0.2) is 11.6 Å². The van der Waals surface area contributed by atoms with Gasteiger partial charge < -0.3 is 10.3 Å². The van der Waals surface area contributed by atoms with E-state index < -0.39 is 11.6 Å². The highest BCUT2D eigenvalue weighted by atomic mass is 19.2. The third-order valence-corrected chi connectivity index (χ3v) is 2.71. The summed E-state index contributed by atoms with van der Waals surface area (Å²) in [5, 5.41) is 7.74. The minimum atomic E-state index is -1.03. The van der Waals surface area contributed by atoms with E-state index in [4.69, 9.17) is 10.3 Å². The number of nitrogens with zero attached hydrogens (tertiary/aromatic N) is 4. The van der Waals surface area contributed by atoms with Crippen molar-refractivity contribution in [2.45, 2.75) is 0 Å². The first-order valence-corrected chi connectivity index (χ1v) is 5.62. The van der Waals surface area contributed by atoms with Crippen molar-refractivity contribution in [1.82, 2.24) is 19.9 Å². The van der Waals surface area contributed by atoms with Crippen LogP contribution in [0.1, 0.15) is 0 Å². The van der Waals surface area contributed by atoms with Gasteiger partial charge in [-0.1, -0.05) is 5.16 Å². The minimum absolute atomic E-state index is 0.0141. The molecule has 2 aromatic heterocycles. The largest absolute Gasteiger partial charge is 0.398 e. The number of hydrogen-bond donors (Lipinski definition) is 1. The molecule has 0 saturated heterocycles. The summed E-state index contributed by atoms with van der Waals surface area (Å²) in [5.74, 6) is -1.76. The van der Waals surface area contributed by atoms with Gasteiger partial charge >= 0.3 is 0 Å². The molecule has 0 spiro atoms. The summed E-state index contributed by atoms with van der Waals surface area (Å²) in [6.45, 7) is 0. The third-order valence-electron chi connectivity index (χ3n) is 2.71. The number of rotatable bonds is 2. The molecule has 1 aromatic carbocycles. The number of nitrogen functional groups attached to an aromatic ring is 1. The zero-order chi connectivity index (χ0) is 14.3. The van der Waals surface area contributed by atoms with Crippen molar-refractivity contribution in [2.24, 2.45) is 7.05 Å². The van der Waals surface area contributed by atoms with E-state index in [9.17, 15) is 8.78 Å². The SMILES string of the molecule is Cn1cc(-c2noc(-c3cc(F)c(F)cc3N)n2)cn1. The summed E-state index contributed by atoms with van der Waals surface area (Å²) in [7, 11) is 1.75. The van der Waals surface area contributed by atoms with Gasteiger partial charge in [0.1, 0.15) is 0 Å². The number of halogens is 2. The monoisotopic (exact) mass is 277 g/mol. The lowest BCUT2D eigenvalue weighted by atomic mass is 10.1. The van der Waals surface area contributed by atoms with Gasteiger partial charge in [-0.05, 0) is 6.07 Å². The van der Waals surface area contributed by atoms with Gasteiger partial charge in [-0.2, -0.15) is 10.1 Å². The molecule has 0 radical (unpaired) electrons. The van der Waals surface area contributed by atoms with Crippen LogP contribution in [0, 0.1) is 11.6 Å². The Morgan fingerprint density at radius 1 is 1.25 bits per heavy atom. The molecular weight excluding hydrogens is 268 g/mol. The van der Waals surface area contributed by atoms with Gasteiger partial charge in [0.2, 0.25) is 5.82 Å². The second-order valence-electron chi connectivity index (χ2n) is 4.18. The quantitative estimate of drug-likeness (QED) is 0.724. The lowest BCUT2D eigenvalue weighted by molar-refractivity contribution is 0.431. The maximum absolute atomic E-state index is 13.2. The van der Waals surface area contributed by atoms with Gasteiger partial charge in [-0.3, -0.25) is 4.68 Å². The third kappa shape index (κ3) is 2.00. The van der Waals surface area contributed by atoms with Gasteiger partial charge in [0.25, 0.3) is 5.89 Å². The van der Waals surface area contributed by atoms with E-state index in [1.54, 1.807) is 24.1 Å². The average Bonchev–Trinajstić information content (AvgIpc) is 3.02. The molecule has 0 atom stereocenters. The predicted octanol–water partition coefficient (Wildman–Crippen LogP) is 2.00. The van der Waals surface area contributed by atoms with Crippen LogP contribution in [-0.2, 0) is 7.05 Å². The molecule has 2 N–H and O–H groups in total. The standard InChI is InChI=1S/C12H9F2N5O/c1-19-5-6(4-16-19)11-17-12(20-18-11)7-2-8(13)9(14)3-10(7)15/h2-5H,15H2,1H3. The number of anilines is 1. The molecule has 3 aromatic rings. The van der Waals surface area contributed by atoms with E-state index in [0.29, 0.717) is 5.56 Å². The number of hydrogen-bond acceptors (Lipinski definition) is 5. The molecule has 0 fully saturated rings. The van der Waals surface area contributed by atoms with Crippen LogP contribution in [0.15, 0.2) is 29.0 Å². The molecule has 0 aliphatic carbocycles. The fourth-order valence-corrected chi connectivity index (χ4v) is 1.73. The molecule has 102 valence electrons. The molecule has 8 heteroatoms. The molecule has 20 heavy (non-hydrogen) atoms. The molecule has 3 rings (SSSR count). The van der Waals surface area contributed by atoms with Crippen molar-refractivity contribution in [3.63, 3.8) is 0 Å². The first-order chi connectivity index (χ1) is 9.54. The van der Waals surface area contributed by atoms with Crippen LogP contribution in [0.5, 0.6) is 0 Å². The Morgan fingerprint density at radius 3 is 2.70 bits per heavy atom. The summed E-state index contributed by atoms with van der Waals surface area (Å²) in [6.07, 6.45) is 3.26. The van der Waals surface area contributed by atoms with Crippen LogP contribution in [-0.4, -0.2) is 19.9 Å². The highest BCUT2D eigenvalue weighted by Gasteiger charge is 2.16. The molecule has 0 aliphatic heterocycles. The Bertz CT molecular complexity index is 780. The van der Waals surface area contributed by atoms with Crippen LogP contribution in [0.25, 0.3) is 22.8 Å². The van der Waals surface area contributed by atoms with Crippen LogP contribution >= 0.6 is 0 Å². The highest BCUT2D eigenvalue weighted by Crippen LogP contribution is 2.28. The maximum atomic E-state index is 13.2. The normalized spacial score (nSPS) is 10.9. The molecule has 2 heterocycles. The van der Waals surface area contributed by atoms with Gasteiger partial charge in [0, 0.05) is 25.0 Å². The molecule has 0 amide bonds. The van der Waals surface area contributed by atoms with Crippen LogP contribution in [0.4, 0.5) is 14.5 Å². The number of aromatic nitrogens is 4. The predicted molar refractivity (Wildman–Crippen MR) is 66.3 cm³/mol. The summed E-state index contributed by atoms with van der Waals surface area (Å²) in [4.78, 5) is 4.10. The van der Waals surface area contributed by atoms with E-state index in [1.807, 2.05) is 0 Å². The number of aryl methyl sites for hydroxylation is 1. The Hall–Kier alpha value is -2.77. The minimum Gasteiger partial charge on any atom is -0.398 e. The van der Waals surface area contributed by atoms with Gasteiger partial charge in [0.05, 0.1) is 17.3 Å². The van der Waals surface area contributed by atoms with Crippen LogP contribution in [0.3, 0.4) is 0 Å². The van der Waals surface area contributed by atoms with Crippen molar-refractivity contribution in [3.8, 4) is 22.8 Å². The van der Waals surface area contributed by atoms with Gasteiger partial charge in [-0.25, -0.2) is 8.78 Å². The summed E-state index contributed by atoms with van der Waals surface area (Å²) in [5.41, 5.74) is 6.43. The fourth-order valence-electron chi connectivity index (χ4n) is 1.73. The first kappa shape index (κ1) is 12.3. The van der Waals surface area contributed by atoms with E-state index in [1.165, 1.54) is 0 Å².